The first kappa shape index (κ1) is 16.0. The van der Waals surface area contributed by atoms with Crippen LogP contribution in [0.15, 0.2) is 30.3 Å². The van der Waals surface area contributed by atoms with E-state index in [1.165, 1.54) is 0 Å². The second kappa shape index (κ2) is 7.57. The molecule has 1 aromatic carbocycles. The molecule has 1 atom stereocenters. The molecule has 3 rings (SSSR count). The molecule has 124 valence electrons. The van der Waals surface area contributed by atoms with Crippen LogP contribution in [-0.4, -0.2) is 67.0 Å². The molecule has 0 spiro atoms. The SMILES string of the molecule is O=C(CN1CCN(C(=O)[C@@H]2CCCO2)CC1)Nc1ccccc1. The standard InChI is InChI=1S/C17H23N3O3/c21-16(18-14-5-2-1-3-6-14)13-19-8-10-20(11-9-19)17(22)15-7-4-12-23-15/h1-3,5-6,15H,4,7-13H2,(H,18,21)/t15-/m0/s1. The number of ether oxygens (including phenoxy) is 1. The number of benzene rings is 1. The number of hydrogen-bond acceptors (Lipinski definition) is 4. The van der Waals surface area contributed by atoms with Crippen molar-refractivity contribution in [1.82, 2.24) is 9.80 Å². The van der Waals surface area contributed by atoms with E-state index in [9.17, 15) is 9.59 Å². The van der Waals surface area contributed by atoms with Gasteiger partial charge in [-0.25, -0.2) is 0 Å². The number of amides is 2. The molecule has 2 heterocycles. The first-order chi connectivity index (χ1) is 11.2. The maximum absolute atomic E-state index is 12.3. The smallest absolute Gasteiger partial charge is 0.251 e. The fraction of sp³-hybridized carbons (Fsp3) is 0.529. The van der Waals surface area contributed by atoms with Crippen molar-refractivity contribution in [1.29, 1.82) is 0 Å². The van der Waals surface area contributed by atoms with Crippen molar-refractivity contribution in [2.45, 2.75) is 18.9 Å². The number of hydrogen-bond donors (Lipinski definition) is 1. The Morgan fingerprint density at radius 3 is 2.52 bits per heavy atom. The van der Waals surface area contributed by atoms with Gasteiger partial charge in [0.2, 0.25) is 5.91 Å². The van der Waals surface area contributed by atoms with E-state index in [0.29, 0.717) is 26.2 Å². The van der Waals surface area contributed by atoms with Crippen LogP contribution in [0.1, 0.15) is 12.8 Å². The van der Waals surface area contributed by atoms with Crippen molar-refractivity contribution in [2.75, 3.05) is 44.6 Å². The van der Waals surface area contributed by atoms with Crippen LogP contribution in [0.4, 0.5) is 5.69 Å². The molecule has 2 aliphatic rings. The molecule has 23 heavy (non-hydrogen) atoms. The van der Waals surface area contributed by atoms with Gasteiger partial charge in [0.1, 0.15) is 6.10 Å². The molecule has 0 aromatic heterocycles. The molecule has 2 aliphatic heterocycles. The van der Waals surface area contributed by atoms with Gasteiger partial charge in [0.15, 0.2) is 0 Å². The van der Waals surface area contributed by atoms with Gasteiger partial charge in [-0.2, -0.15) is 0 Å². The van der Waals surface area contributed by atoms with Crippen LogP contribution in [0.2, 0.25) is 0 Å². The van der Waals surface area contributed by atoms with E-state index in [1.54, 1.807) is 0 Å². The number of nitrogens with zero attached hydrogens (tertiary/aromatic N) is 2. The van der Waals surface area contributed by atoms with Crippen LogP contribution >= 0.6 is 0 Å². The Morgan fingerprint density at radius 2 is 1.87 bits per heavy atom. The minimum absolute atomic E-state index is 0.0184. The van der Waals surface area contributed by atoms with Crippen LogP contribution in [0.25, 0.3) is 0 Å². The quantitative estimate of drug-likeness (QED) is 0.898. The lowest BCUT2D eigenvalue weighted by molar-refractivity contribution is -0.142. The Morgan fingerprint density at radius 1 is 1.13 bits per heavy atom. The number of carbonyl (C=O) groups is 2. The summed E-state index contributed by atoms with van der Waals surface area (Å²) in [5.41, 5.74) is 0.810. The predicted molar refractivity (Wildman–Crippen MR) is 87.1 cm³/mol. The van der Waals surface area contributed by atoms with Crippen LogP contribution in [0.5, 0.6) is 0 Å². The number of piperazine rings is 1. The number of nitrogens with one attached hydrogen (secondary N) is 1. The molecule has 0 bridgehead atoms. The molecule has 2 amide bonds. The average molecular weight is 317 g/mol. The van der Waals surface area contributed by atoms with Crippen LogP contribution in [-0.2, 0) is 14.3 Å². The van der Waals surface area contributed by atoms with Gasteiger partial charge in [0, 0.05) is 38.5 Å². The maximum Gasteiger partial charge on any atom is 0.251 e. The molecule has 2 fully saturated rings. The van der Waals surface area contributed by atoms with E-state index in [2.05, 4.69) is 10.2 Å². The number of carbonyl (C=O) groups excluding carboxylic acids is 2. The lowest BCUT2D eigenvalue weighted by Gasteiger charge is -2.35. The van der Waals surface area contributed by atoms with E-state index >= 15 is 0 Å². The van der Waals surface area contributed by atoms with Gasteiger partial charge in [-0.15, -0.1) is 0 Å². The summed E-state index contributed by atoms with van der Waals surface area (Å²) in [6.45, 7) is 3.82. The number of para-hydroxylation sites is 1. The average Bonchev–Trinajstić information content (AvgIpc) is 3.10. The van der Waals surface area contributed by atoms with Gasteiger partial charge in [0.05, 0.1) is 6.54 Å². The molecular formula is C17H23N3O3. The van der Waals surface area contributed by atoms with Gasteiger partial charge in [-0.3, -0.25) is 14.5 Å². The fourth-order valence-corrected chi connectivity index (χ4v) is 3.03. The van der Waals surface area contributed by atoms with Gasteiger partial charge in [-0.1, -0.05) is 18.2 Å². The molecule has 1 N–H and O–H groups in total. The summed E-state index contributed by atoms with van der Waals surface area (Å²) in [7, 11) is 0. The zero-order chi connectivity index (χ0) is 16.1. The van der Waals surface area contributed by atoms with Crippen molar-refractivity contribution < 1.29 is 14.3 Å². The molecule has 2 saturated heterocycles. The summed E-state index contributed by atoms with van der Waals surface area (Å²) in [6, 6.07) is 9.45. The molecule has 0 saturated carbocycles. The van der Waals surface area contributed by atoms with E-state index in [4.69, 9.17) is 4.74 Å². The Kier molecular flexibility index (Phi) is 5.25. The highest BCUT2D eigenvalue weighted by Gasteiger charge is 2.30. The third-order valence-electron chi connectivity index (χ3n) is 4.31. The van der Waals surface area contributed by atoms with Crippen molar-refractivity contribution in [3.63, 3.8) is 0 Å². The van der Waals surface area contributed by atoms with E-state index in [-0.39, 0.29) is 17.9 Å². The summed E-state index contributed by atoms with van der Waals surface area (Å²) in [6.07, 6.45) is 1.55. The topological polar surface area (TPSA) is 61.9 Å². The summed E-state index contributed by atoms with van der Waals surface area (Å²) in [4.78, 5) is 28.3. The fourth-order valence-electron chi connectivity index (χ4n) is 3.03. The van der Waals surface area contributed by atoms with Crippen molar-refractivity contribution in [3.05, 3.63) is 30.3 Å². The highest BCUT2D eigenvalue weighted by molar-refractivity contribution is 5.92. The Bertz CT molecular complexity index is 535. The molecule has 6 nitrogen and oxygen atoms in total. The Balaban J connectivity index is 1.42. The minimum Gasteiger partial charge on any atom is -0.368 e. The summed E-state index contributed by atoms with van der Waals surface area (Å²) in [5, 5.41) is 2.89. The normalized spacial score (nSPS) is 22.1. The van der Waals surface area contributed by atoms with Crippen molar-refractivity contribution in [2.24, 2.45) is 0 Å². The highest BCUT2D eigenvalue weighted by atomic mass is 16.5. The highest BCUT2D eigenvalue weighted by Crippen LogP contribution is 2.16. The molecule has 0 unspecified atom stereocenters. The van der Waals surface area contributed by atoms with Gasteiger partial charge in [0.25, 0.3) is 5.91 Å². The lowest BCUT2D eigenvalue weighted by atomic mass is 10.2. The largest absolute Gasteiger partial charge is 0.368 e. The second-order valence-corrected chi connectivity index (χ2v) is 6.02. The van der Waals surface area contributed by atoms with E-state index in [0.717, 1.165) is 31.6 Å². The number of anilines is 1. The summed E-state index contributed by atoms with van der Waals surface area (Å²) >= 11 is 0. The van der Waals surface area contributed by atoms with Crippen molar-refractivity contribution >= 4 is 17.5 Å². The zero-order valence-electron chi connectivity index (χ0n) is 13.2. The number of rotatable bonds is 4. The second-order valence-electron chi connectivity index (χ2n) is 6.02. The van der Waals surface area contributed by atoms with Gasteiger partial charge < -0.3 is 15.0 Å². The minimum atomic E-state index is -0.247. The molecule has 1 aromatic rings. The molecule has 6 heteroatoms. The van der Waals surface area contributed by atoms with E-state index in [1.807, 2.05) is 35.2 Å². The van der Waals surface area contributed by atoms with Crippen LogP contribution in [0.3, 0.4) is 0 Å². The first-order valence-corrected chi connectivity index (χ1v) is 8.20. The lowest BCUT2D eigenvalue weighted by Crippen LogP contribution is -2.52. The van der Waals surface area contributed by atoms with Crippen LogP contribution < -0.4 is 5.32 Å². The van der Waals surface area contributed by atoms with Gasteiger partial charge in [-0.05, 0) is 25.0 Å². The van der Waals surface area contributed by atoms with E-state index < -0.39 is 0 Å². The monoisotopic (exact) mass is 317 g/mol. The van der Waals surface area contributed by atoms with Gasteiger partial charge >= 0.3 is 0 Å². The third-order valence-corrected chi connectivity index (χ3v) is 4.31. The molecule has 0 aliphatic carbocycles. The first-order valence-electron chi connectivity index (χ1n) is 8.20. The zero-order valence-corrected chi connectivity index (χ0v) is 13.2. The molecule has 0 radical (unpaired) electrons. The summed E-state index contributed by atoms with van der Waals surface area (Å²) < 4.78 is 5.46. The summed E-state index contributed by atoms with van der Waals surface area (Å²) in [5.74, 6) is 0.0889. The Hall–Kier alpha value is -1.92. The Labute approximate surface area is 136 Å². The maximum atomic E-state index is 12.3. The predicted octanol–water partition coefficient (Wildman–Crippen LogP) is 0.948. The van der Waals surface area contributed by atoms with Crippen LogP contribution in [0, 0.1) is 0 Å². The molecular weight excluding hydrogens is 294 g/mol. The third kappa shape index (κ3) is 4.30. The van der Waals surface area contributed by atoms with Crippen molar-refractivity contribution in [3.8, 4) is 0 Å².